The second-order valence-electron chi connectivity index (χ2n) is 3.79. The highest BCUT2D eigenvalue weighted by molar-refractivity contribution is 6.50. The minimum atomic E-state index is -0.330. The van der Waals surface area contributed by atoms with E-state index in [4.69, 9.17) is 9.47 Å². The van der Waals surface area contributed by atoms with Crippen molar-refractivity contribution in [3.05, 3.63) is 0 Å². The van der Waals surface area contributed by atoms with Crippen molar-refractivity contribution >= 4 is 6.92 Å². The summed E-state index contributed by atoms with van der Waals surface area (Å²) in [6.07, 6.45) is -0.194. The normalized spacial score (nSPS) is 15.9. The molecule has 0 radical (unpaired) electrons. The molecule has 78 valence electrons. The third-order valence-corrected chi connectivity index (χ3v) is 2.33. The summed E-state index contributed by atoms with van der Waals surface area (Å²) in [6, 6.07) is 0. The Morgan fingerprint density at radius 2 is 1.85 bits per heavy atom. The molecule has 0 aromatic rings. The van der Waals surface area contributed by atoms with E-state index in [1.54, 1.807) is 13.9 Å². The zero-order valence-corrected chi connectivity index (χ0v) is 9.28. The van der Waals surface area contributed by atoms with Crippen molar-refractivity contribution in [1.82, 2.24) is 0 Å². The molecule has 3 nitrogen and oxygen atoms in total. The molecular formula is C9H21BO3. The Balaban J connectivity index is 3.83. The van der Waals surface area contributed by atoms with Gasteiger partial charge in [0.15, 0.2) is 6.29 Å². The predicted octanol–water partition coefficient (Wildman–Crippen LogP) is 1.64. The average molecular weight is 188 g/mol. The van der Waals surface area contributed by atoms with Crippen molar-refractivity contribution in [3.63, 3.8) is 0 Å². The van der Waals surface area contributed by atoms with E-state index in [9.17, 15) is 5.02 Å². The van der Waals surface area contributed by atoms with Gasteiger partial charge >= 0.3 is 0 Å². The van der Waals surface area contributed by atoms with E-state index in [1.807, 2.05) is 6.92 Å². The molecule has 0 aliphatic carbocycles. The summed E-state index contributed by atoms with van der Waals surface area (Å²) in [5, 5.41) is 9.45. The Bertz CT molecular complexity index is 120. The Hall–Kier alpha value is -0.0551. The molecule has 0 rings (SSSR count). The first-order valence-electron chi connectivity index (χ1n) is 4.81. The predicted molar refractivity (Wildman–Crippen MR) is 54.8 cm³/mol. The smallest absolute Gasteiger partial charge is 0.291 e. The van der Waals surface area contributed by atoms with Gasteiger partial charge < -0.3 is 14.5 Å². The Morgan fingerprint density at radius 1 is 1.31 bits per heavy atom. The van der Waals surface area contributed by atoms with Gasteiger partial charge in [-0.3, -0.25) is 0 Å². The van der Waals surface area contributed by atoms with Crippen molar-refractivity contribution in [3.8, 4) is 0 Å². The zero-order valence-electron chi connectivity index (χ0n) is 9.28. The van der Waals surface area contributed by atoms with Crippen LogP contribution < -0.4 is 0 Å². The van der Waals surface area contributed by atoms with Crippen molar-refractivity contribution in [2.24, 2.45) is 5.92 Å². The Kier molecular flexibility index (Phi) is 6.38. The van der Waals surface area contributed by atoms with Gasteiger partial charge in [-0.2, -0.15) is 0 Å². The minimum absolute atomic E-state index is 0.178. The average Bonchev–Trinajstić information content (AvgIpc) is 2.03. The number of rotatable bonds is 6. The first-order valence-corrected chi connectivity index (χ1v) is 4.81. The van der Waals surface area contributed by atoms with E-state index in [0.717, 1.165) is 0 Å². The standard InChI is InChI=1S/C9H21BO3/c1-7(2)9(10(4)11)6-13-8(3)12-5/h7-9,11H,6H2,1-5H3. The van der Waals surface area contributed by atoms with Gasteiger partial charge in [0.1, 0.15) is 0 Å². The lowest BCUT2D eigenvalue weighted by Gasteiger charge is -2.23. The van der Waals surface area contributed by atoms with Gasteiger partial charge in [-0.1, -0.05) is 20.7 Å². The van der Waals surface area contributed by atoms with Crippen LogP contribution in [0.25, 0.3) is 0 Å². The molecule has 0 amide bonds. The van der Waals surface area contributed by atoms with E-state index in [0.29, 0.717) is 12.5 Å². The van der Waals surface area contributed by atoms with Crippen LogP contribution in [0.4, 0.5) is 0 Å². The fourth-order valence-corrected chi connectivity index (χ4v) is 1.20. The largest absolute Gasteiger partial charge is 0.450 e. The van der Waals surface area contributed by atoms with Crippen molar-refractivity contribution in [1.29, 1.82) is 0 Å². The van der Waals surface area contributed by atoms with E-state index >= 15 is 0 Å². The summed E-state index contributed by atoms with van der Waals surface area (Å²) in [5.41, 5.74) is 0. The molecule has 0 aromatic carbocycles. The lowest BCUT2D eigenvalue weighted by Crippen LogP contribution is -2.27. The molecule has 0 aliphatic rings. The van der Waals surface area contributed by atoms with Gasteiger partial charge in [-0.25, -0.2) is 0 Å². The first kappa shape index (κ1) is 12.9. The molecule has 0 saturated carbocycles. The maximum atomic E-state index is 9.45. The highest BCUT2D eigenvalue weighted by Crippen LogP contribution is 2.20. The maximum Gasteiger partial charge on any atom is 0.291 e. The Labute approximate surface area is 81.5 Å². The van der Waals surface area contributed by atoms with Gasteiger partial charge in [0.05, 0.1) is 0 Å². The van der Waals surface area contributed by atoms with Crippen LogP contribution in [-0.4, -0.2) is 31.9 Å². The molecule has 2 unspecified atom stereocenters. The van der Waals surface area contributed by atoms with Crippen LogP contribution in [0.5, 0.6) is 0 Å². The molecule has 4 heteroatoms. The number of hydrogen-bond acceptors (Lipinski definition) is 3. The van der Waals surface area contributed by atoms with Crippen LogP contribution in [0.2, 0.25) is 12.6 Å². The lowest BCUT2D eigenvalue weighted by atomic mass is 9.55. The van der Waals surface area contributed by atoms with E-state index in [2.05, 4.69) is 13.8 Å². The maximum absolute atomic E-state index is 9.45. The minimum Gasteiger partial charge on any atom is -0.450 e. The second kappa shape index (κ2) is 6.41. The molecule has 0 spiro atoms. The van der Waals surface area contributed by atoms with E-state index in [1.165, 1.54) is 0 Å². The molecule has 0 aliphatic heterocycles. The van der Waals surface area contributed by atoms with Crippen molar-refractivity contribution in [2.45, 2.75) is 39.7 Å². The molecule has 13 heavy (non-hydrogen) atoms. The molecule has 0 bridgehead atoms. The molecule has 0 saturated heterocycles. The summed E-state index contributed by atoms with van der Waals surface area (Å²) in [7, 11) is 1.61. The third kappa shape index (κ3) is 5.29. The van der Waals surface area contributed by atoms with Crippen molar-refractivity contribution in [2.75, 3.05) is 13.7 Å². The Morgan fingerprint density at radius 3 is 2.15 bits per heavy atom. The quantitative estimate of drug-likeness (QED) is 0.508. The second-order valence-corrected chi connectivity index (χ2v) is 3.79. The van der Waals surface area contributed by atoms with Crippen molar-refractivity contribution < 1.29 is 14.5 Å². The third-order valence-electron chi connectivity index (χ3n) is 2.33. The molecule has 0 heterocycles. The lowest BCUT2D eigenvalue weighted by molar-refractivity contribution is -0.113. The highest BCUT2D eigenvalue weighted by atomic mass is 16.7. The fourth-order valence-electron chi connectivity index (χ4n) is 1.20. The molecule has 0 aromatic heterocycles. The number of ether oxygens (including phenoxy) is 2. The van der Waals surface area contributed by atoms with Crippen LogP contribution in [0.1, 0.15) is 20.8 Å². The topological polar surface area (TPSA) is 38.7 Å². The summed E-state index contributed by atoms with van der Waals surface area (Å²) in [5.74, 6) is 0.599. The number of hydrogen-bond donors (Lipinski definition) is 1. The summed E-state index contributed by atoms with van der Waals surface area (Å²) in [4.78, 5) is 0. The fraction of sp³-hybridized carbons (Fsp3) is 1.00. The van der Waals surface area contributed by atoms with Gasteiger partial charge in [-0.05, 0) is 18.7 Å². The summed E-state index contributed by atoms with van der Waals surface area (Å²) in [6.45, 7) is 8.02. The number of methoxy groups -OCH3 is 1. The summed E-state index contributed by atoms with van der Waals surface area (Å²) < 4.78 is 10.3. The zero-order chi connectivity index (χ0) is 10.4. The van der Waals surface area contributed by atoms with Crippen LogP contribution in [0.15, 0.2) is 0 Å². The van der Waals surface area contributed by atoms with E-state index in [-0.39, 0.29) is 19.0 Å². The van der Waals surface area contributed by atoms with Gasteiger partial charge in [-0.15, -0.1) is 0 Å². The van der Waals surface area contributed by atoms with Crippen LogP contribution >= 0.6 is 0 Å². The monoisotopic (exact) mass is 188 g/mol. The van der Waals surface area contributed by atoms with Gasteiger partial charge in [0, 0.05) is 13.7 Å². The SMILES string of the molecule is COC(C)OCC(B(C)O)C(C)C. The molecule has 1 N–H and O–H groups in total. The van der Waals surface area contributed by atoms with Gasteiger partial charge in [0.25, 0.3) is 6.92 Å². The van der Waals surface area contributed by atoms with Gasteiger partial charge in [0.2, 0.25) is 0 Å². The van der Waals surface area contributed by atoms with E-state index < -0.39 is 0 Å². The first-order chi connectivity index (χ1) is 5.99. The highest BCUT2D eigenvalue weighted by Gasteiger charge is 2.23. The molecular weight excluding hydrogens is 167 g/mol. The van der Waals surface area contributed by atoms with Crippen LogP contribution in [-0.2, 0) is 9.47 Å². The molecule has 0 fully saturated rings. The summed E-state index contributed by atoms with van der Waals surface area (Å²) >= 11 is 0. The van der Waals surface area contributed by atoms with Crippen LogP contribution in [0.3, 0.4) is 0 Å². The molecule has 2 atom stereocenters. The van der Waals surface area contributed by atoms with Crippen LogP contribution in [0, 0.1) is 5.92 Å².